The predicted octanol–water partition coefficient (Wildman–Crippen LogP) is 3.00. The molecule has 3 heteroatoms. The zero-order valence-corrected chi connectivity index (χ0v) is 9.72. The summed E-state index contributed by atoms with van der Waals surface area (Å²) in [6, 6.07) is 4.36. The third-order valence-corrected chi connectivity index (χ3v) is 3.80. The van der Waals surface area contributed by atoms with Crippen molar-refractivity contribution in [1.82, 2.24) is 4.90 Å². The minimum atomic E-state index is 0.888. The van der Waals surface area contributed by atoms with Crippen LogP contribution in [0.3, 0.4) is 0 Å². The Balaban J connectivity index is 1.98. The first kappa shape index (κ1) is 10.7. The Morgan fingerprint density at radius 1 is 1.27 bits per heavy atom. The van der Waals surface area contributed by atoms with Crippen LogP contribution in [0.2, 0.25) is 0 Å². The fourth-order valence-electron chi connectivity index (χ4n) is 2.09. The topological polar surface area (TPSA) is 27.0 Å². The number of rotatable bonds is 2. The van der Waals surface area contributed by atoms with Gasteiger partial charge in [-0.15, -0.1) is 11.3 Å². The molecule has 0 N–H and O–H groups in total. The standard InChI is InChI=1S/C12H16N2S/c13-9-12-11(5-8-15-12)10-14-6-3-1-2-4-7-14/h5,8H,1-4,6-7,10H2. The lowest BCUT2D eigenvalue weighted by Crippen LogP contribution is -2.24. The average molecular weight is 220 g/mol. The molecule has 80 valence electrons. The maximum Gasteiger partial charge on any atom is 0.110 e. The smallest absolute Gasteiger partial charge is 0.110 e. The normalized spacial score (nSPS) is 18.3. The fraction of sp³-hybridized carbons (Fsp3) is 0.583. The summed E-state index contributed by atoms with van der Waals surface area (Å²) in [6.45, 7) is 3.35. The van der Waals surface area contributed by atoms with Crippen LogP contribution < -0.4 is 0 Å². The average Bonchev–Trinajstić information content (AvgIpc) is 2.53. The lowest BCUT2D eigenvalue weighted by atomic mass is 10.2. The van der Waals surface area contributed by atoms with Gasteiger partial charge in [0.1, 0.15) is 10.9 Å². The Morgan fingerprint density at radius 2 is 2.00 bits per heavy atom. The van der Waals surface area contributed by atoms with Gasteiger partial charge in [-0.1, -0.05) is 12.8 Å². The zero-order valence-electron chi connectivity index (χ0n) is 8.91. The maximum absolute atomic E-state index is 8.93. The summed E-state index contributed by atoms with van der Waals surface area (Å²) >= 11 is 1.56. The van der Waals surface area contributed by atoms with Crippen LogP contribution in [0, 0.1) is 11.3 Å². The van der Waals surface area contributed by atoms with Gasteiger partial charge in [0.2, 0.25) is 0 Å². The van der Waals surface area contributed by atoms with Crippen LogP contribution in [0.5, 0.6) is 0 Å². The molecule has 0 aromatic carbocycles. The molecule has 0 spiro atoms. The molecule has 1 aromatic heterocycles. The highest BCUT2D eigenvalue weighted by atomic mass is 32.1. The Morgan fingerprint density at radius 3 is 2.67 bits per heavy atom. The van der Waals surface area contributed by atoms with Crippen LogP contribution in [-0.2, 0) is 6.54 Å². The van der Waals surface area contributed by atoms with Crippen molar-refractivity contribution >= 4 is 11.3 Å². The van der Waals surface area contributed by atoms with E-state index in [0.717, 1.165) is 11.4 Å². The summed E-state index contributed by atoms with van der Waals surface area (Å²) in [4.78, 5) is 3.37. The van der Waals surface area contributed by atoms with Crippen LogP contribution in [-0.4, -0.2) is 18.0 Å². The minimum Gasteiger partial charge on any atom is -0.299 e. The van der Waals surface area contributed by atoms with Gasteiger partial charge in [0.05, 0.1) is 0 Å². The molecule has 2 rings (SSSR count). The molecular weight excluding hydrogens is 204 g/mol. The van der Waals surface area contributed by atoms with Crippen molar-refractivity contribution in [2.24, 2.45) is 0 Å². The highest BCUT2D eigenvalue weighted by molar-refractivity contribution is 7.10. The Bertz CT molecular complexity index is 343. The summed E-state index contributed by atoms with van der Waals surface area (Å²) in [7, 11) is 0. The van der Waals surface area contributed by atoms with Crippen LogP contribution in [0.15, 0.2) is 11.4 Å². The molecule has 0 aliphatic carbocycles. The first-order chi connectivity index (χ1) is 7.40. The van der Waals surface area contributed by atoms with E-state index in [0.29, 0.717) is 0 Å². The summed E-state index contributed by atoms with van der Waals surface area (Å²) < 4.78 is 0. The number of hydrogen-bond acceptors (Lipinski definition) is 3. The van der Waals surface area contributed by atoms with Crippen molar-refractivity contribution in [3.8, 4) is 6.07 Å². The van der Waals surface area contributed by atoms with E-state index in [1.54, 1.807) is 11.3 Å². The van der Waals surface area contributed by atoms with Gasteiger partial charge in [-0.05, 0) is 42.9 Å². The molecule has 1 aliphatic heterocycles. The van der Waals surface area contributed by atoms with E-state index in [9.17, 15) is 0 Å². The number of thiophene rings is 1. The predicted molar refractivity (Wildman–Crippen MR) is 62.8 cm³/mol. The molecule has 1 aliphatic rings. The number of nitrogens with zero attached hydrogens (tertiary/aromatic N) is 2. The van der Waals surface area contributed by atoms with Gasteiger partial charge in [0.25, 0.3) is 0 Å². The molecule has 0 amide bonds. The van der Waals surface area contributed by atoms with Gasteiger partial charge >= 0.3 is 0 Å². The molecular formula is C12H16N2S. The Labute approximate surface area is 95.1 Å². The number of hydrogen-bond donors (Lipinski definition) is 0. The van der Waals surface area contributed by atoms with E-state index in [2.05, 4.69) is 17.0 Å². The van der Waals surface area contributed by atoms with Crippen molar-refractivity contribution < 1.29 is 0 Å². The van der Waals surface area contributed by atoms with E-state index >= 15 is 0 Å². The molecule has 15 heavy (non-hydrogen) atoms. The molecule has 1 saturated heterocycles. The number of nitriles is 1. The van der Waals surface area contributed by atoms with Crippen LogP contribution in [0.25, 0.3) is 0 Å². The van der Waals surface area contributed by atoms with E-state index in [-0.39, 0.29) is 0 Å². The summed E-state index contributed by atoms with van der Waals surface area (Å²) in [5, 5.41) is 11.0. The van der Waals surface area contributed by atoms with Crippen molar-refractivity contribution in [2.75, 3.05) is 13.1 Å². The van der Waals surface area contributed by atoms with E-state index in [4.69, 9.17) is 5.26 Å². The van der Waals surface area contributed by atoms with E-state index in [1.807, 2.05) is 5.38 Å². The maximum atomic E-state index is 8.93. The van der Waals surface area contributed by atoms with Crippen LogP contribution in [0.1, 0.15) is 36.1 Å². The molecule has 1 fully saturated rings. The zero-order chi connectivity index (χ0) is 10.5. The second kappa shape index (κ2) is 5.29. The third kappa shape index (κ3) is 2.80. The lowest BCUT2D eigenvalue weighted by molar-refractivity contribution is 0.277. The molecule has 0 bridgehead atoms. The first-order valence-corrected chi connectivity index (χ1v) is 6.47. The molecule has 0 saturated carbocycles. The molecule has 0 unspecified atom stereocenters. The third-order valence-electron chi connectivity index (χ3n) is 2.94. The van der Waals surface area contributed by atoms with Gasteiger partial charge in [0, 0.05) is 6.54 Å². The van der Waals surface area contributed by atoms with Crippen molar-refractivity contribution in [1.29, 1.82) is 5.26 Å². The number of likely N-dealkylation sites (tertiary alicyclic amines) is 1. The van der Waals surface area contributed by atoms with Gasteiger partial charge < -0.3 is 0 Å². The largest absolute Gasteiger partial charge is 0.299 e. The summed E-state index contributed by atoms with van der Waals surface area (Å²) in [5.74, 6) is 0. The van der Waals surface area contributed by atoms with Crippen molar-refractivity contribution in [3.63, 3.8) is 0 Å². The van der Waals surface area contributed by atoms with Gasteiger partial charge in [0.15, 0.2) is 0 Å². The van der Waals surface area contributed by atoms with Crippen molar-refractivity contribution in [3.05, 3.63) is 21.9 Å². The molecule has 2 nitrogen and oxygen atoms in total. The van der Waals surface area contributed by atoms with Crippen LogP contribution >= 0.6 is 11.3 Å². The Hall–Kier alpha value is -0.850. The second-order valence-corrected chi connectivity index (χ2v) is 4.99. The molecule has 2 heterocycles. The monoisotopic (exact) mass is 220 g/mol. The minimum absolute atomic E-state index is 0.888. The van der Waals surface area contributed by atoms with Crippen molar-refractivity contribution in [2.45, 2.75) is 32.2 Å². The molecule has 1 aromatic rings. The SMILES string of the molecule is N#Cc1sccc1CN1CCCCCC1. The van der Waals surface area contributed by atoms with E-state index in [1.165, 1.54) is 44.3 Å². The lowest BCUT2D eigenvalue weighted by Gasteiger charge is -2.18. The molecule has 0 radical (unpaired) electrons. The second-order valence-electron chi connectivity index (χ2n) is 4.08. The molecule has 0 atom stereocenters. The van der Waals surface area contributed by atoms with Gasteiger partial charge in [-0.2, -0.15) is 5.26 Å². The summed E-state index contributed by atoms with van der Waals surface area (Å²) in [5.41, 5.74) is 1.21. The van der Waals surface area contributed by atoms with Gasteiger partial charge in [-0.3, -0.25) is 4.90 Å². The Kier molecular flexibility index (Phi) is 3.76. The quantitative estimate of drug-likeness (QED) is 0.766. The first-order valence-electron chi connectivity index (χ1n) is 5.59. The highest BCUT2D eigenvalue weighted by Crippen LogP contribution is 2.19. The fourth-order valence-corrected chi connectivity index (χ4v) is 2.80. The van der Waals surface area contributed by atoms with Crippen LogP contribution in [0.4, 0.5) is 0 Å². The van der Waals surface area contributed by atoms with E-state index < -0.39 is 0 Å². The summed E-state index contributed by atoms with van der Waals surface area (Å²) in [6.07, 6.45) is 5.36. The van der Waals surface area contributed by atoms with Gasteiger partial charge in [-0.25, -0.2) is 0 Å². The highest BCUT2D eigenvalue weighted by Gasteiger charge is 2.12.